The monoisotopic (exact) mass is 261 g/mol. The van der Waals surface area contributed by atoms with Crippen LogP contribution in [-0.2, 0) is 4.74 Å². The fourth-order valence-corrected chi connectivity index (χ4v) is 3.84. The number of fused-ring (bicyclic) bond motifs is 1. The van der Waals surface area contributed by atoms with Crippen molar-refractivity contribution in [1.82, 2.24) is 5.32 Å². The first kappa shape index (κ1) is 12.2. The second-order valence-electron chi connectivity index (χ2n) is 5.02. The standard InChI is InChI=1S/C15H19NOS/c1-10-6-7-13(17-10)14(16-2)12-5-3-4-11-8-9-18-15(11)12/h3-5,8-10,13-14,16H,6-7H2,1-2H3. The van der Waals surface area contributed by atoms with Gasteiger partial charge in [-0.3, -0.25) is 0 Å². The number of likely N-dealkylation sites (N-methyl/N-ethyl adjacent to an activating group) is 1. The van der Waals surface area contributed by atoms with Crippen LogP contribution in [0.5, 0.6) is 0 Å². The zero-order valence-electron chi connectivity index (χ0n) is 10.8. The molecule has 1 aromatic carbocycles. The molecule has 18 heavy (non-hydrogen) atoms. The first-order valence-corrected chi connectivity index (χ1v) is 7.46. The van der Waals surface area contributed by atoms with Crippen molar-refractivity contribution < 1.29 is 4.74 Å². The topological polar surface area (TPSA) is 21.3 Å². The van der Waals surface area contributed by atoms with E-state index in [9.17, 15) is 0 Å². The lowest BCUT2D eigenvalue weighted by Gasteiger charge is -2.24. The molecule has 0 radical (unpaired) electrons. The minimum Gasteiger partial charge on any atom is -0.373 e. The number of hydrogen-bond donors (Lipinski definition) is 1. The van der Waals surface area contributed by atoms with E-state index in [1.165, 1.54) is 22.1 Å². The van der Waals surface area contributed by atoms with Gasteiger partial charge in [-0.2, -0.15) is 0 Å². The van der Waals surface area contributed by atoms with Crippen LogP contribution in [0.25, 0.3) is 10.1 Å². The van der Waals surface area contributed by atoms with Gasteiger partial charge in [-0.15, -0.1) is 11.3 Å². The van der Waals surface area contributed by atoms with Crippen molar-refractivity contribution in [2.75, 3.05) is 7.05 Å². The van der Waals surface area contributed by atoms with Gasteiger partial charge >= 0.3 is 0 Å². The summed E-state index contributed by atoms with van der Waals surface area (Å²) in [5.74, 6) is 0. The van der Waals surface area contributed by atoms with Gasteiger partial charge in [-0.1, -0.05) is 18.2 Å². The lowest BCUT2D eigenvalue weighted by atomic mass is 9.98. The van der Waals surface area contributed by atoms with Crippen LogP contribution < -0.4 is 5.32 Å². The molecule has 3 rings (SSSR count). The second kappa shape index (κ2) is 5.00. The molecule has 0 spiro atoms. The average Bonchev–Trinajstić information content (AvgIpc) is 2.99. The van der Waals surface area contributed by atoms with Crippen LogP contribution in [0.1, 0.15) is 31.4 Å². The minimum atomic E-state index is 0.303. The molecule has 1 aliphatic rings. The van der Waals surface area contributed by atoms with Crippen LogP contribution in [0.2, 0.25) is 0 Å². The van der Waals surface area contributed by atoms with Crippen LogP contribution in [-0.4, -0.2) is 19.3 Å². The lowest BCUT2D eigenvalue weighted by Crippen LogP contribution is -2.29. The molecule has 0 bridgehead atoms. The van der Waals surface area contributed by atoms with Crippen molar-refractivity contribution in [3.63, 3.8) is 0 Å². The molecule has 1 fully saturated rings. The third kappa shape index (κ3) is 2.07. The van der Waals surface area contributed by atoms with Crippen molar-refractivity contribution in [3.8, 4) is 0 Å². The molecule has 2 aromatic rings. The smallest absolute Gasteiger partial charge is 0.0774 e. The Labute approximate surface area is 112 Å². The summed E-state index contributed by atoms with van der Waals surface area (Å²) in [5.41, 5.74) is 1.38. The van der Waals surface area contributed by atoms with E-state index in [4.69, 9.17) is 4.74 Å². The Bertz CT molecular complexity index is 536. The van der Waals surface area contributed by atoms with Gasteiger partial charge in [0, 0.05) is 4.70 Å². The van der Waals surface area contributed by atoms with Crippen molar-refractivity contribution in [2.24, 2.45) is 0 Å². The quantitative estimate of drug-likeness (QED) is 0.909. The third-order valence-corrected chi connectivity index (χ3v) is 4.77. The van der Waals surface area contributed by atoms with Gasteiger partial charge in [-0.25, -0.2) is 0 Å². The van der Waals surface area contributed by atoms with E-state index < -0.39 is 0 Å². The molecular formula is C15H19NOS. The number of ether oxygens (including phenoxy) is 1. The number of benzene rings is 1. The molecule has 0 amide bonds. The highest BCUT2D eigenvalue weighted by atomic mass is 32.1. The SMILES string of the molecule is CNC(c1cccc2ccsc12)C1CCC(C)O1. The summed E-state index contributed by atoms with van der Waals surface area (Å²) in [6.45, 7) is 2.17. The van der Waals surface area contributed by atoms with Crippen molar-refractivity contribution in [3.05, 3.63) is 35.2 Å². The maximum Gasteiger partial charge on any atom is 0.0774 e. The van der Waals surface area contributed by atoms with E-state index in [0.29, 0.717) is 18.2 Å². The van der Waals surface area contributed by atoms with Gasteiger partial charge in [0.2, 0.25) is 0 Å². The summed E-state index contributed by atoms with van der Waals surface area (Å²) in [4.78, 5) is 0. The normalized spacial score (nSPS) is 25.7. The number of nitrogens with one attached hydrogen (secondary N) is 1. The first-order chi connectivity index (χ1) is 8.79. The highest BCUT2D eigenvalue weighted by Crippen LogP contribution is 2.35. The fraction of sp³-hybridized carbons (Fsp3) is 0.467. The molecule has 3 atom stereocenters. The summed E-state index contributed by atoms with van der Waals surface area (Å²) in [5, 5.41) is 6.95. The first-order valence-electron chi connectivity index (χ1n) is 6.58. The molecule has 1 aliphatic heterocycles. The van der Waals surface area contributed by atoms with E-state index in [1.54, 1.807) is 0 Å². The predicted molar refractivity (Wildman–Crippen MR) is 77.2 cm³/mol. The molecule has 2 nitrogen and oxygen atoms in total. The third-order valence-electron chi connectivity index (χ3n) is 3.79. The largest absolute Gasteiger partial charge is 0.373 e. The van der Waals surface area contributed by atoms with Gasteiger partial charge in [0.15, 0.2) is 0 Å². The number of rotatable bonds is 3. The van der Waals surface area contributed by atoms with Gasteiger partial charge < -0.3 is 10.1 Å². The average molecular weight is 261 g/mol. The summed E-state index contributed by atoms with van der Waals surface area (Å²) in [6, 6.07) is 9.05. The fourth-order valence-electron chi connectivity index (χ4n) is 2.88. The van der Waals surface area contributed by atoms with Crippen LogP contribution >= 0.6 is 11.3 Å². The lowest BCUT2D eigenvalue weighted by molar-refractivity contribution is 0.0336. The van der Waals surface area contributed by atoms with E-state index in [1.807, 2.05) is 18.4 Å². The Morgan fingerprint density at radius 3 is 2.94 bits per heavy atom. The second-order valence-corrected chi connectivity index (χ2v) is 5.93. The zero-order chi connectivity index (χ0) is 12.5. The molecule has 0 aliphatic carbocycles. The van der Waals surface area contributed by atoms with E-state index >= 15 is 0 Å². The van der Waals surface area contributed by atoms with Gasteiger partial charge in [0.05, 0.1) is 18.2 Å². The molecule has 0 saturated carbocycles. The summed E-state index contributed by atoms with van der Waals surface area (Å²) in [7, 11) is 2.03. The van der Waals surface area contributed by atoms with E-state index in [-0.39, 0.29) is 0 Å². The number of hydrogen-bond acceptors (Lipinski definition) is 3. The van der Waals surface area contributed by atoms with Crippen LogP contribution in [0.4, 0.5) is 0 Å². The van der Waals surface area contributed by atoms with Crippen molar-refractivity contribution >= 4 is 21.4 Å². The summed E-state index contributed by atoms with van der Waals surface area (Å²) >= 11 is 1.82. The molecule has 2 heterocycles. The molecule has 96 valence electrons. The minimum absolute atomic E-state index is 0.303. The maximum absolute atomic E-state index is 6.04. The zero-order valence-corrected chi connectivity index (χ0v) is 11.7. The summed E-state index contributed by atoms with van der Waals surface area (Å²) < 4.78 is 7.43. The number of thiophene rings is 1. The Morgan fingerprint density at radius 1 is 1.33 bits per heavy atom. The highest BCUT2D eigenvalue weighted by molar-refractivity contribution is 7.17. The van der Waals surface area contributed by atoms with Gasteiger partial charge in [0.1, 0.15) is 0 Å². The maximum atomic E-state index is 6.04. The van der Waals surface area contributed by atoms with Crippen LogP contribution in [0.3, 0.4) is 0 Å². The Kier molecular flexibility index (Phi) is 3.37. The molecule has 1 saturated heterocycles. The Hall–Kier alpha value is -0.900. The van der Waals surface area contributed by atoms with Gasteiger partial charge in [0.25, 0.3) is 0 Å². The molecule has 3 unspecified atom stereocenters. The van der Waals surface area contributed by atoms with Crippen molar-refractivity contribution in [1.29, 1.82) is 0 Å². The highest BCUT2D eigenvalue weighted by Gasteiger charge is 2.30. The van der Waals surface area contributed by atoms with Crippen molar-refractivity contribution in [2.45, 2.75) is 38.0 Å². The molecule has 1 aromatic heterocycles. The summed E-state index contributed by atoms with van der Waals surface area (Å²) in [6.07, 6.45) is 3.02. The molecule has 3 heteroatoms. The van der Waals surface area contributed by atoms with Gasteiger partial charge in [-0.05, 0) is 49.2 Å². The predicted octanol–water partition coefficient (Wildman–Crippen LogP) is 3.73. The molecule has 1 N–H and O–H groups in total. The Morgan fingerprint density at radius 2 is 2.22 bits per heavy atom. The van der Waals surface area contributed by atoms with E-state index in [2.05, 4.69) is 41.9 Å². The van der Waals surface area contributed by atoms with E-state index in [0.717, 1.165) is 6.42 Å². The van der Waals surface area contributed by atoms with Crippen LogP contribution in [0, 0.1) is 0 Å². The van der Waals surface area contributed by atoms with Crippen LogP contribution in [0.15, 0.2) is 29.6 Å². The Balaban J connectivity index is 1.98. The molecular weight excluding hydrogens is 242 g/mol.